The van der Waals surface area contributed by atoms with E-state index in [2.05, 4.69) is 39.0 Å². The molecule has 0 bridgehead atoms. The SMILES string of the molecule is CCOC(C(O)CC1OCCc2ccccc21)C(C)(C)C. The summed E-state index contributed by atoms with van der Waals surface area (Å²) in [6.07, 6.45) is 0.798. The van der Waals surface area contributed by atoms with Gasteiger partial charge in [-0.2, -0.15) is 0 Å². The Morgan fingerprint density at radius 2 is 2.05 bits per heavy atom. The molecule has 0 saturated heterocycles. The molecule has 3 atom stereocenters. The van der Waals surface area contributed by atoms with E-state index in [1.54, 1.807) is 0 Å². The maximum absolute atomic E-state index is 10.6. The van der Waals surface area contributed by atoms with Gasteiger partial charge < -0.3 is 14.6 Å². The number of rotatable bonds is 5. The van der Waals surface area contributed by atoms with Crippen molar-refractivity contribution < 1.29 is 14.6 Å². The molecule has 3 unspecified atom stereocenters. The summed E-state index contributed by atoms with van der Waals surface area (Å²) in [5.74, 6) is 0. The lowest BCUT2D eigenvalue weighted by molar-refractivity contribution is -0.107. The topological polar surface area (TPSA) is 38.7 Å². The third-order valence-electron chi connectivity index (χ3n) is 4.10. The fraction of sp³-hybridized carbons (Fsp3) is 0.667. The zero-order valence-electron chi connectivity index (χ0n) is 13.6. The van der Waals surface area contributed by atoms with Crippen LogP contribution >= 0.6 is 0 Å². The average Bonchev–Trinajstić information content (AvgIpc) is 2.44. The summed E-state index contributed by atoms with van der Waals surface area (Å²) < 4.78 is 11.7. The van der Waals surface area contributed by atoms with Gasteiger partial charge in [0.25, 0.3) is 0 Å². The number of ether oxygens (including phenoxy) is 2. The van der Waals surface area contributed by atoms with Crippen LogP contribution in [-0.4, -0.2) is 30.5 Å². The minimum absolute atomic E-state index is 0.0322. The quantitative estimate of drug-likeness (QED) is 0.902. The highest BCUT2D eigenvalue weighted by Crippen LogP contribution is 2.34. The Balaban J connectivity index is 2.10. The van der Waals surface area contributed by atoms with Crippen LogP contribution in [0.25, 0.3) is 0 Å². The summed E-state index contributed by atoms with van der Waals surface area (Å²) >= 11 is 0. The van der Waals surface area contributed by atoms with Gasteiger partial charge in [-0.05, 0) is 29.9 Å². The second-order valence-corrected chi connectivity index (χ2v) is 6.85. The third kappa shape index (κ3) is 4.06. The van der Waals surface area contributed by atoms with Crippen molar-refractivity contribution in [3.8, 4) is 0 Å². The summed E-state index contributed by atoms with van der Waals surface area (Å²) in [5.41, 5.74) is 2.46. The van der Waals surface area contributed by atoms with Gasteiger partial charge in [0.1, 0.15) is 0 Å². The van der Waals surface area contributed by atoms with E-state index in [9.17, 15) is 5.11 Å². The predicted molar refractivity (Wildman–Crippen MR) is 84.3 cm³/mol. The molecule has 0 aliphatic carbocycles. The fourth-order valence-electron chi connectivity index (χ4n) is 3.13. The van der Waals surface area contributed by atoms with Crippen LogP contribution in [0.3, 0.4) is 0 Å². The molecule has 118 valence electrons. The zero-order valence-corrected chi connectivity index (χ0v) is 13.6. The Morgan fingerprint density at radius 1 is 1.33 bits per heavy atom. The van der Waals surface area contributed by atoms with E-state index in [-0.39, 0.29) is 17.6 Å². The molecule has 0 radical (unpaired) electrons. The Labute approximate surface area is 128 Å². The van der Waals surface area contributed by atoms with E-state index < -0.39 is 6.10 Å². The number of hydrogen-bond acceptors (Lipinski definition) is 3. The first-order valence-corrected chi connectivity index (χ1v) is 7.92. The van der Waals surface area contributed by atoms with Crippen molar-refractivity contribution in [3.05, 3.63) is 35.4 Å². The van der Waals surface area contributed by atoms with Crippen LogP contribution in [0.2, 0.25) is 0 Å². The second kappa shape index (κ2) is 6.91. The van der Waals surface area contributed by atoms with Crippen molar-refractivity contribution in [1.29, 1.82) is 0 Å². The fourth-order valence-corrected chi connectivity index (χ4v) is 3.13. The third-order valence-corrected chi connectivity index (χ3v) is 4.10. The average molecular weight is 292 g/mol. The first-order chi connectivity index (χ1) is 9.93. The minimum Gasteiger partial charge on any atom is -0.390 e. The molecule has 1 aliphatic heterocycles. The maximum atomic E-state index is 10.6. The van der Waals surface area contributed by atoms with Crippen molar-refractivity contribution in [2.24, 2.45) is 5.41 Å². The molecule has 0 amide bonds. The van der Waals surface area contributed by atoms with Gasteiger partial charge in [0.2, 0.25) is 0 Å². The van der Waals surface area contributed by atoms with E-state index >= 15 is 0 Å². The molecule has 1 aliphatic rings. The van der Waals surface area contributed by atoms with Crippen molar-refractivity contribution in [3.63, 3.8) is 0 Å². The molecular weight excluding hydrogens is 264 g/mol. The summed E-state index contributed by atoms with van der Waals surface area (Å²) in [7, 11) is 0. The van der Waals surface area contributed by atoms with E-state index in [1.807, 2.05) is 13.0 Å². The van der Waals surface area contributed by atoms with Crippen LogP contribution < -0.4 is 0 Å². The maximum Gasteiger partial charge on any atom is 0.0882 e. The van der Waals surface area contributed by atoms with Gasteiger partial charge >= 0.3 is 0 Å². The molecule has 3 nitrogen and oxygen atoms in total. The van der Waals surface area contributed by atoms with Crippen molar-refractivity contribution in [1.82, 2.24) is 0 Å². The van der Waals surface area contributed by atoms with E-state index in [0.717, 1.165) is 13.0 Å². The van der Waals surface area contributed by atoms with Crippen LogP contribution in [-0.2, 0) is 15.9 Å². The number of fused-ring (bicyclic) bond motifs is 1. The number of aliphatic hydroxyl groups is 1. The van der Waals surface area contributed by atoms with Gasteiger partial charge in [-0.15, -0.1) is 0 Å². The van der Waals surface area contributed by atoms with Gasteiger partial charge in [0.05, 0.1) is 24.9 Å². The number of hydrogen-bond donors (Lipinski definition) is 1. The van der Waals surface area contributed by atoms with Crippen LogP contribution in [0, 0.1) is 5.41 Å². The largest absolute Gasteiger partial charge is 0.390 e. The first kappa shape index (κ1) is 16.5. The lowest BCUT2D eigenvalue weighted by atomic mass is 9.82. The summed E-state index contributed by atoms with van der Waals surface area (Å²) in [4.78, 5) is 0. The van der Waals surface area contributed by atoms with Crippen molar-refractivity contribution in [2.45, 2.75) is 58.8 Å². The van der Waals surface area contributed by atoms with E-state index in [0.29, 0.717) is 13.0 Å². The molecule has 0 spiro atoms. The second-order valence-electron chi connectivity index (χ2n) is 6.85. The van der Waals surface area contributed by atoms with Crippen molar-refractivity contribution in [2.75, 3.05) is 13.2 Å². The van der Waals surface area contributed by atoms with E-state index in [4.69, 9.17) is 9.47 Å². The summed E-state index contributed by atoms with van der Waals surface area (Å²) in [5, 5.41) is 10.6. The molecule has 0 aromatic heterocycles. The molecular formula is C18H28O3. The highest BCUT2D eigenvalue weighted by atomic mass is 16.5. The molecule has 0 fully saturated rings. The standard InChI is InChI=1S/C18H28O3/c1-5-20-17(18(2,3)4)15(19)12-16-14-9-7-6-8-13(14)10-11-21-16/h6-9,15-17,19H,5,10-12H2,1-4H3. The molecule has 1 aromatic carbocycles. The molecule has 2 rings (SSSR count). The monoisotopic (exact) mass is 292 g/mol. The molecule has 1 aromatic rings. The molecule has 1 heterocycles. The molecule has 3 heteroatoms. The lowest BCUT2D eigenvalue weighted by Gasteiger charge is -2.36. The molecule has 21 heavy (non-hydrogen) atoms. The Kier molecular flexibility index (Phi) is 5.42. The van der Waals surface area contributed by atoms with Gasteiger partial charge in [0, 0.05) is 13.0 Å². The van der Waals surface area contributed by atoms with Gasteiger partial charge in [0.15, 0.2) is 0 Å². The summed E-state index contributed by atoms with van der Waals surface area (Å²) in [6.45, 7) is 9.62. The van der Waals surface area contributed by atoms with E-state index in [1.165, 1.54) is 11.1 Å². The first-order valence-electron chi connectivity index (χ1n) is 7.92. The van der Waals surface area contributed by atoms with Crippen LogP contribution in [0.5, 0.6) is 0 Å². The van der Waals surface area contributed by atoms with Crippen LogP contribution in [0.1, 0.15) is 51.3 Å². The van der Waals surface area contributed by atoms with Gasteiger partial charge in [-0.25, -0.2) is 0 Å². The van der Waals surface area contributed by atoms with Gasteiger partial charge in [-0.3, -0.25) is 0 Å². The molecule has 1 N–H and O–H groups in total. The number of aliphatic hydroxyl groups excluding tert-OH is 1. The minimum atomic E-state index is -0.527. The van der Waals surface area contributed by atoms with Gasteiger partial charge in [-0.1, -0.05) is 45.0 Å². The van der Waals surface area contributed by atoms with Crippen LogP contribution in [0.4, 0.5) is 0 Å². The Bertz CT molecular complexity index is 450. The lowest BCUT2D eigenvalue weighted by Crippen LogP contribution is -2.41. The highest BCUT2D eigenvalue weighted by molar-refractivity contribution is 5.31. The highest BCUT2D eigenvalue weighted by Gasteiger charge is 2.34. The normalized spacial score (nSPS) is 21.7. The zero-order chi connectivity index (χ0) is 15.5. The Hall–Kier alpha value is -0.900. The smallest absolute Gasteiger partial charge is 0.0882 e. The summed E-state index contributed by atoms with van der Waals surface area (Å²) in [6, 6.07) is 8.37. The Morgan fingerprint density at radius 3 is 2.71 bits per heavy atom. The number of benzene rings is 1. The van der Waals surface area contributed by atoms with Crippen molar-refractivity contribution >= 4 is 0 Å². The molecule has 0 saturated carbocycles. The predicted octanol–water partition coefficient (Wildman–Crippen LogP) is 3.50. The van der Waals surface area contributed by atoms with Crippen LogP contribution in [0.15, 0.2) is 24.3 Å².